The maximum Gasteiger partial charge on any atom is 0.290 e. The van der Waals surface area contributed by atoms with Crippen molar-refractivity contribution in [3.05, 3.63) is 59.5 Å². The van der Waals surface area contributed by atoms with E-state index in [9.17, 15) is 9.59 Å². The lowest BCUT2D eigenvalue weighted by Gasteiger charge is -1.97. The van der Waals surface area contributed by atoms with Crippen LogP contribution in [0.15, 0.2) is 58.1 Å². The number of nitrogens with one attached hydrogen (secondary N) is 1. The lowest BCUT2D eigenvalue weighted by atomic mass is 10.1. The van der Waals surface area contributed by atoms with Gasteiger partial charge >= 0.3 is 0 Å². The summed E-state index contributed by atoms with van der Waals surface area (Å²) in [4.78, 5) is 28.7. The first-order valence-electron chi connectivity index (χ1n) is 7.79. The highest BCUT2D eigenvalue weighted by Gasteiger charge is 2.25. The molecule has 7 heteroatoms. The summed E-state index contributed by atoms with van der Waals surface area (Å²) in [5, 5.41) is 3.89. The number of furan rings is 1. The number of rotatable bonds is 2. The quantitative estimate of drug-likeness (QED) is 0.495. The molecule has 1 N–H and O–H groups in total. The molecule has 0 bridgehead atoms. The largest absolute Gasteiger partial charge is 0.456 e. The van der Waals surface area contributed by atoms with E-state index >= 15 is 0 Å². The van der Waals surface area contributed by atoms with Gasteiger partial charge in [-0.3, -0.25) is 19.9 Å². The van der Waals surface area contributed by atoms with Crippen molar-refractivity contribution >= 4 is 61.4 Å². The number of carbonyl (C=O) groups excluding carboxylic acids is 2. The molecule has 26 heavy (non-hydrogen) atoms. The molecular weight excluding hydrogens is 368 g/mol. The smallest absolute Gasteiger partial charge is 0.290 e. The maximum atomic E-state index is 11.7. The third-order valence-electron chi connectivity index (χ3n) is 4.05. The van der Waals surface area contributed by atoms with Crippen LogP contribution in [0.1, 0.15) is 5.76 Å². The fourth-order valence-corrected chi connectivity index (χ4v) is 4.63. The Bertz CT molecular complexity index is 1200. The predicted octanol–water partition coefficient (Wildman–Crippen LogP) is 5.03. The monoisotopic (exact) mass is 378 g/mol. The number of hydrogen-bond acceptors (Lipinski definition) is 6. The van der Waals surface area contributed by atoms with Crippen molar-refractivity contribution in [2.75, 3.05) is 0 Å². The third kappa shape index (κ3) is 2.53. The lowest BCUT2D eigenvalue weighted by molar-refractivity contribution is -0.115. The molecule has 1 aliphatic rings. The Hall–Kier alpha value is -2.90. The van der Waals surface area contributed by atoms with E-state index in [4.69, 9.17) is 4.42 Å². The zero-order valence-corrected chi connectivity index (χ0v) is 14.8. The standard InChI is InChI=1S/C19H10N2O3S2/c22-18-16(26-19(23)21-18)7-12-5-11-8-20-9-13(17(11)24-12)15-6-10-3-1-2-4-14(10)25-15/h1-9H,(H,21,22,23). The molecule has 4 heterocycles. The zero-order chi connectivity index (χ0) is 17.7. The van der Waals surface area contributed by atoms with E-state index in [1.54, 1.807) is 29.8 Å². The number of benzene rings is 1. The van der Waals surface area contributed by atoms with Gasteiger partial charge in [-0.25, -0.2) is 0 Å². The number of thiophene rings is 1. The number of pyridine rings is 1. The van der Waals surface area contributed by atoms with Gasteiger partial charge < -0.3 is 4.42 Å². The van der Waals surface area contributed by atoms with Crippen molar-refractivity contribution in [3.8, 4) is 10.4 Å². The van der Waals surface area contributed by atoms with Crippen LogP contribution in [-0.4, -0.2) is 16.1 Å². The first kappa shape index (κ1) is 15.4. The van der Waals surface area contributed by atoms with Crippen LogP contribution in [0, 0.1) is 0 Å². The van der Waals surface area contributed by atoms with E-state index in [2.05, 4.69) is 28.5 Å². The summed E-state index contributed by atoms with van der Waals surface area (Å²) in [6.45, 7) is 0. The number of imide groups is 1. The van der Waals surface area contributed by atoms with Gasteiger partial charge in [-0.05, 0) is 35.3 Å². The molecule has 1 saturated heterocycles. The van der Waals surface area contributed by atoms with Gasteiger partial charge in [0, 0.05) is 33.4 Å². The van der Waals surface area contributed by atoms with Crippen LogP contribution in [0.4, 0.5) is 4.79 Å². The molecule has 0 unspecified atom stereocenters. The number of aromatic nitrogens is 1. The Morgan fingerprint density at radius 3 is 2.77 bits per heavy atom. The van der Waals surface area contributed by atoms with Crippen molar-refractivity contribution in [2.45, 2.75) is 0 Å². The minimum absolute atomic E-state index is 0.324. The Morgan fingerprint density at radius 1 is 1.08 bits per heavy atom. The molecular formula is C19H10N2O3S2. The van der Waals surface area contributed by atoms with Crippen molar-refractivity contribution in [1.82, 2.24) is 10.3 Å². The van der Waals surface area contributed by atoms with Gasteiger partial charge in [0.2, 0.25) is 0 Å². The Balaban J connectivity index is 1.63. The molecule has 0 radical (unpaired) electrons. The van der Waals surface area contributed by atoms with Gasteiger partial charge in [0.25, 0.3) is 11.1 Å². The maximum absolute atomic E-state index is 11.7. The van der Waals surface area contributed by atoms with E-state index < -0.39 is 5.91 Å². The molecule has 0 saturated carbocycles. The van der Waals surface area contributed by atoms with E-state index in [0.717, 1.165) is 27.6 Å². The predicted molar refractivity (Wildman–Crippen MR) is 104 cm³/mol. The van der Waals surface area contributed by atoms with Gasteiger partial charge in [0.05, 0.1) is 10.5 Å². The summed E-state index contributed by atoms with van der Waals surface area (Å²) in [6.07, 6.45) is 5.10. The second kappa shape index (κ2) is 5.82. The summed E-state index contributed by atoms with van der Waals surface area (Å²) in [5.74, 6) is 0.117. The minimum atomic E-state index is -0.400. The number of thioether (sulfide) groups is 1. The SMILES string of the molecule is O=C1NC(=O)C(=Cc2cc3cncc(-c4cc5ccccc5s4)c3o2)S1. The molecule has 1 aliphatic heterocycles. The third-order valence-corrected chi connectivity index (χ3v) is 6.01. The summed E-state index contributed by atoms with van der Waals surface area (Å²) < 4.78 is 7.18. The molecule has 5 rings (SSSR count). The second-order valence-electron chi connectivity index (χ2n) is 5.75. The zero-order valence-electron chi connectivity index (χ0n) is 13.2. The first-order chi connectivity index (χ1) is 12.7. The molecule has 0 spiro atoms. The van der Waals surface area contributed by atoms with Gasteiger partial charge in [-0.15, -0.1) is 11.3 Å². The molecule has 5 nitrogen and oxygen atoms in total. The number of amides is 2. The molecule has 126 valence electrons. The number of hydrogen-bond donors (Lipinski definition) is 1. The van der Waals surface area contributed by atoms with Crippen LogP contribution in [0.2, 0.25) is 0 Å². The molecule has 1 fully saturated rings. The van der Waals surface area contributed by atoms with Crippen LogP contribution in [0.3, 0.4) is 0 Å². The summed E-state index contributed by atoms with van der Waals surface area (Å²) >= 11 is 2.55. The number of carbonyl (C=O) groups is 2. The van der Waals surface area contributed by atoms with Crippen molar-refractivity contribution in [1.29, 1.82) is 0 Å². The molecule has 3 aromatic heterocycles. The van der Waals surface area contributed by atoms with E-state index in [1.807, 2.05) is 18.2 Å². The van der Waals surface area contributed by atoms with Crippen LogP contribution in [0.25, 0.3) is 37.6 Å². The molecule has 4 aromatic rings. The van der Waals surface area contributed by atoms with Crippen LogP contribution < -0.4 is 5.32 Å². The molecule has 0 aliphatic carbocycles. The van der Waals surface area contributed by atoms with Gasteiger partial charge in [0.1, 0.15) is 11.3 Å². The Labute approximate surface area is 155 Å². The van der Waals surface area contributed by atoms with Gasteiger partial charge in [-0.2, -0.15) is 0 Å². The van der Waals surface area contributed by atoms with E-state index in [0.29, 0.717) is 16.2 Å². The average Bonchev–Trinajstić information content (AvgIpc) is 3.31. The second-order valence-corrected chi connectivity index (χ2v) is 7.85. The average molecular weight is 378 g/mol. The number of nitrogens with zero attached hydrogens (tertiary/aromatic N) is 1. The topological polar surface area (TPSA) is 72.2 Å². The Morgan fingerprint density at radius 2 is 1.96 bits per heavy atom. The fourth-order valence-electron chi connectivity index (χ4n) is 2.89. The van der Waals surface area contributed by atoms with Gasteiger partial charge in [-0.1, -0.05) is 18.2 Å². The Kier molecular flexibility index (Phi) is 3.44. The summed E-state index contributed by atoms with van der Waals surface area (Å²) in [5.41, 5.74) is 1.63. The first-order valence-corrected chi connectivity index (χ1v) is 9.42. The molecule has 2 amide bonds. The highest BCUT2D eigenvalue weighted by molar-refractivity contribution is 8.18. The normalized spacial score (nSPS) is 16.1. The van der Waals surface area contributed by atoms with Crippen molar-refractivity contribution < 1.29 is 14.0 Å². The number of fused-ring (bicyclic) bond motifs is 2. The van der Waals surface area contributed by atoms with Crippen molar-refractivity contribution in [2.24, 2.45) is 0 Å². The fraction of sp³-hybridized carbons (Fsp3) is 0. The molecule has 1 aromatic carbocycles. The van der Waals surface area contributed by atoms with Gasteiger partial charge in [0.15, 0.2) is 0 Å². The van der Waals surface area contributed by atoms with E-state index in [-0.39, 0.29) is 5.24 Å². The highest BCUT2D eigenvalue weighted by Crippen LogP contribution is 2.38. The van der Waals surface area contributed by atoms with Crippen LogP contribution >= 0.6 is 23.1 Å². The van der Waals surface area contributed by atoms with Crippen molar-refractivity contribution in [3.63, 3.8) is 0 Å². The minimum Gasteiger partial charge on any atom is -0.456 e. The van der Waals surface area contributed by atoms with Crippen LogP contribution in [-0.2, 0) is 4.79 Å². The highest BCUT2D eigenvalue weighted by atomic mass is 32.2. The summed E-state index contributed by atoms with van der Waals surface area (Å²) in [7, 11) is 0. The molecule has 0 atom stereocenters. The van der Waals surface area contributed by atoms with E-state index in [1.165, 1.54) is 10.1 Å². The lowest BCUT2D eigenvalue weighted by Crippen LogP contribution is -2.17. The van der Waals surface area contributed by atoms with Crippen LogP contribution in [0.5, 0.6) is 0 Å². The summed E-state index contributed by atoms with van der Waals surface area (Å²) in [6, 6.07) is 12.1.